The number of nitrogens with zero attached hydrogens (tertiary/aromatic N) is 2. The third kappa shape index (κ3) is 2.45. The minimum atomic E-state index is 0.592. The summed E-state index contributed by atoms with van der Waals surface area (Å²) in [7, 11) is 0. The van der Waals surface area contributed by atoms with Crippen molar-refractivity contribution in [1.82, 2.24) is 9.55 Å². The van der Waals surface area contributed by atoms with Gasteiger partial charge >= 0.3 is 0 Å². The number of hydrogen-bond donors (Lipinski definition) is 1. The Kier molecular flexibility index (Phi) is 4.00. The molecule has 3 heteroatoms. The van der Waals surface area contributed by atoms with Gasteiger partial charge in [-0.3, -0.25) is 0 Å². The number of aryl methyl sites for hydroxylation is 1. The number of nitrogens with two attached hydrogens (primary N) is 1. The Hall–Kier alpha value is -1.77. The molecule has 1 aromatic carbocycles. The van der Waals surface area contributed by atoms with Gasteiger partial charge in [0.25, 0.3) is 0 Å². The summed E-state index contributed by atoms with van der Waals surface area (Å²) in [6, 6.07) is 8.49. The van der Waals surface area contributed by atoms with E-state index < -0.39 is 0 Å². The average Bonchev–Trinajstić information content (AvgIpc) is 3.14. The fraction of sp³-hybridized carbons (Fsp3) is 0.500. The lowest BCUT2D eigenvalue weighted by atomic mass is 10.0. The van der Waals surface area contributed by atoms with E-state index in [0.29, 0.717) is 5.92 Å². The van der Waals surface area contributed by atoms with Crippen LogP contribution in [0, 0.1) is 0 Å². The number of benzene rings is 1. The third-order valence-electron chi connectivity index (χ3n) is 4.73. The van der Waals surface area contributed by atoms with E-state index >= 15 is 0 Å². The molecule has 0 saturated heterocycles. The van der Waals surface area contributed by atoms with E-state index in [1.807, 2.05) is 0 Å². The summed E-state index contributed by atoms with van der Waals surface area (Å²) in [5.41, 5.74) is 9.94. The van der Waals surface area contributed by atoms with E-state index in [1.165, 1.54) is 42.6 Å². The van der Waals surface area contributed by atoms with E-state index in [2.05, 4.69) is 42.7 Å². The average molecular weight is 283 g/mol. The number of rotatable bonds is 4. The van der Waals surface area contributed by atoms with Gasteiger partial charge in [-0.2, -0.15) is 0 Å². The van der Waals surface area contributed by atoms with Crippen LogP contribution >= 0.6 is 0 Å². The molecule has 1 fully saturated rings. The van der Waals surface area contributed by atoms with Gasteiger partial charge in [0, 0.05) is 18.0 Å². The molecule has 3 rings (SSSR count). The number of hydrogen-bond acceptors (Lipinski definition) is 2. The fourth-order valence-electron chi connectivity index (χ4n) is 3.57. The van der Waals surface area contributed by atoms with Crippen molar-refractivity contribution in [3.8, 4) is 11.3 Å². The molecule has 0 radical (unpaired) electrons. The monoisotopic (exact) mass is 283 g/mol. The molecule has 3 nitrogen and oxygen atoms in total. The van der Waals surface area contributed by atoms with Crippen molar-refractivity contribution in [2.75, 3.05) is 5.73 Å². The first-order valence-electron chi connectivity index (χ1n) is 8.20. The lowest BCUT2D eigenvalue weighted by Crippen LogP contribution is -2.08. The van der Waals surface area contributed by atoms with E-state index in [1.54, 1.807) is 0 Å². The Balaban J connectivity index is 2.10. The first-order valence-corrected chi connectivity index (χ1v) is 8.20. The Labute approximate surface area is 127 Å². The summed E-state index contributed by atoms with van der Waals surface area (Å²) < 4.78 is 2.22. The zero-order chi connectivity index (χ0) is 14.8. The molecule has 1 aliphatic rings. The van der Waals surface area contributed by atoms with Crippen molar-refractivity contribution in [1.29, 1.82) is 0 Å². The maximum atomic E-state index is 6.44. The summed E-state index contributed by atoms with van der Waals surface area (Å²) in [6.07, 6.45) is 6.16. The van der Waals surface area contributed by atoms with Crippen molar-refractivity contribution >= 4 is 5.82 Å². The number of aromatic nitrogens is 2. The van der Waals surface area contributed by atoms with Crippen LogP contribution in [0.1, 0.15) is 56.8 Å². The molecule has 1 saturated carbocycles. The molecule has 0 unspecified atom stereocenters. The second-order valence-electron chi connectivity index (χ2n) is 5.94. The van der Waals surface area contributed by atoms with Crippen LogP contribution < -0.4 is 5.73 Å². The van der Waals surface area contributed by atoms with Gasteiger partial charge in [-0.1, -0.05) is 44.0 Å². The van der Waals surface area contributed by atoms with E-state index in [0.717, 1.165) is 24.5 Å². The molecule has 2 N–H and O–H groups in total. The second-order valence-corrected chi connectivity index (χ2v) is 5.94. The Morgan fingerprint density at radius 1 is 1.19 bits per heavy atom. The molecule has 1 aromatic heterocycles. The number of anilines is 1. The molecular weight excluding hydrogens is 258 g/mol. The smallest absolute Gasteiger partial charge is 0.131 e. The summed E-state index contributed by atoms with van der Waals surface area (Å²) in [5.74, 6) is 2.63. The van der Waals surface area contributed by atoms with Gasteiger partial charge in [0.05, 0.1) is 0 Å². The number of imidazole rings is 1. The summed E-state index contributed by atoms with van der Waals surface area (Å²) >= 11 is 0. The molecule has 112 valence electrons. The molecule has 0 bridgehead atoms. The van der Waals surface area contributed by atoms with Gasteiger partial charge in [0.2, 0.25) is 0 Å². The Morgan fingerprint density at radius 2 is 1.90 bits per heavy atom. The highest BCUT2D eigenvalue weighted by atomic mass is 15.1. The van der Waals surface area contributed by atoms with Crippen molar-refractivity contribution in [2.24, 2.45) is 0 Å². The largest absolute Gasteiger partial charge is 0.383 e. The molecule has 21 heavy (non-hydrogen) atoms. The first kappa shape index (κ1) is 14.2. The Morgan fingerprint density at radius 3 is 2.57 bits per heavy atom. The molecule has 0 atom stereocenters. The zero-order valence-corrected chi connectivity index (χ0v) is 13.1. The minimum absolute atomic E-state index is 0.592. The highest BCUT2D eigenvalue weighted by molar-refractivity contribution is 5.74. The van der Waals surface area contributed by atoms with Crippen LogP contribution in [0.4, 0.5) is 5.82 Å². The first-order chi connectivity index (χ1) is 10.3. The third-order valence-corrected chi connectivity index (χ3v) is 4.73. The van der Waals surface area contributed by atoms with Gasteiger partial charge in [0.15, 0.2) is 0 Å². The summed E-state index contributed by atoms with van der Waals surface area (Å²) in [6.45, 7) is 5.24. The SMILES string of the molecule is CCc1ccccc1-c1nc(C2CCCC2)n(CC)c1N. The van der Waals surface area contributed by atoms with Crippen LogP contribution in [0.3, 0.4) is 0 Å². The molecule has 0 aliphatic heterocycles. The van der Waals surface area contributed by atoms with Crippen molar-refractivity contribution < 1.29 is 0 Å². The molecular formula is C18H25N3. The normalized spacial score (nSPS) is 15.7. The lowest BCUT2D eigenvalue weighted by Gasteiger charge is -2.11. The minimum Gasteiger partial charge on any atom is -0.383 e. The molecule has 1 heterocycles. The summed E-state index contributed by atoms with van der Waals surface area (Å²) in [5, 5.41) is 0. The van der Waals surface area contributed by atoms with Gasteiger partial charge in [0.1, 0.15) is 17.3 Å². The summed E-state index contributed by atoms with van der Waals surface area (Å²) in [4.78, 5) is 4.98. The van der Waals surface area contributed by atoms with E-state index in [4.69, 9.17) is 10.7 Å². The van der Waals surface area contributed by atoms with Crippen molar-refractivity contribution in [3.05, 3.63) is 35.7 Å². The maximum Gasteiger partial charge on any atom is 0.131 e. The van der Waals surface area contributed by atoms with Crippen LogP contribution in [0.2, 0.25) is 0 Å². The predicted molar refractivity (Wildman–Crippen MR) is 88.3 cm³/mol. The fourth-order valence-corrected chi connectivity index (χ4v) is 3.57. The second kappa shape index (κ2) is 5.92. The van der Waals surface area contributed by atoms with Gasteiger partial charge < -0.3 is 10.3 Å². The Bertz CT molecular complexity index is 621. The van der Waals surface area contributed by atoms with E-state index in [9.17, 15) is 0 Å². The van der Waals surface area contributed by atoms with Gasteiger partial charge in [-0.05, 0) is 31.7 Å². The molecule has 0 spiro atoms. The zero-order valence-electron chi connectivity index (χ0n) is 13.1. The van der Waals surface area contributed by atoms with Gasteiger partial charge in [-0.25, -0.2) is 4.98 Å². The van der Waals surface area contributed by atoms with Crippen LogP contribution in [0.5, 0.6) is 0 Å². The number of nitrogen functional groups attached to an aromatic ring is 1. The van der Waals surface area contributed by atoms with Crippen molar-refractivity contribution in [3.63, 3.8) is 0 Å². The lowest BCUT2D eigenvalue weighted by molar-refractivity contribution is 0.604. The molecule has 2 aromatic rings. The van der Waals surface area contributed by atoms with E-state index in [-0.39, 0.29) is 0 Å². The standard InChI is InChI=1S/C18H25N3/c1-3-13-9-7-8-12-15(13)16-17(19)21(4-2)18(20-16)14-10-5-6-11-14/h7-9,12,14H,3-6,10-11,19H2,1-2H3. The highest BCUT2D eigenvalue weighted by Crippen LogP contribution is 2.38. The quantitative estimate of drug-likeness (QED) is 0.905. The topological polar surface area (TPSA) is 43.8 Å². The van der Waals surface area contributed by atoms with Crippen LogP contribution in [0.15, 0.2) is 24.3 Å². The van der Waals surface area contributed by atoms with Crippen LogP contribution in [-0.4, -0.2) is 9.55 Å². The van der Waals surface area contributed by atoms with Gasteiger partial charge in [-0.15, -0.1) is 0 Å². The predicted octanol–water partition coefficient (Wildman–Crippen LogP) is 4.37. The molecule has 1 aliphatic carbocycles. The van der Waals surface area contributed by atoms with Crippen LogP contribution in [-0.2, 0) is 13.0 Å². The molecule has 0 amide bonds. The van der Waals surface area contributed by atoms with Crippen molar-refractivity contribution in [2.45, 2.75) is 58.4 Å². The maximum absolute atomic E-state index is 6.44. The highest BCUT2D eigenvalue weighted by Gasteiger charge is 2.25. The van der Waals surface area contributed by atoms with Crippen LogP contribution in [0.25, 0.3) is 11.3 Å².